The van der Waals surface area contributed by atoms with Gasteiger partial charge in [-0.05, 0) is 35.7 Å². The van der Waals surface area contributed by atoms with Gasteiger partial charge in [0.2, 0.25) is 0 Å². The van der Waals surface area contributed by atoms with Crippen LogP contribution in [0.25, 0.3) is 0 Å². The molecule has 0 atom stereocenters. The number of rotatable bonds is 3. The lowest BCUT2D eigenvalue weighted by atomic mass is 10.0. The van der Waals surface area contributed by atoms with E-state index in [1.54, 1.807) is 18.2 Å². The summed E-state index contributed by atoms with van der Waals surface area (Å²) in [4.78, 5) is 12.2. The van der Waals surface area contributed by atoms with E-state index in [1.807, 2.05) is 19.9 Å². The normalized spacial score (nSPS) is 11.5. The number of hydrogen-bond acceptors (Lipinski definition) is 1. The summed E-state index contributed by atoms with van der Waals surface area (Å²) in [5.41, 5.74) is 0.160. The van der Waals surface area contributed by atoms with Crippen LogP contribution in [0, 0.1) is 0 Å². The van der Waals surface area contributed by atoms with Crippen LogP contribution >= 0.6 is 0 Å². The van der Waals surface area contributed by atoms with Crippen molar-refractivity contribution in [1.82, 2.24) is 0 Å². The summed E-state index contributed by atoms with van der Waals surface area (Å²) in [7, 11) is 0. The molecule has 0 saturated heterocycles. The maximum atomic E-state index is 12.9. The second kappa shape index (κ2) is 6.22. The standard InChI is InChI=1S/C17H16F3NO/c1-11(2)12-6-5-7-13(10-12)21-16(22)14-8-3-4-9-15(14)17(18,19)20/h3-11H,1-2H3,(H,21,22). The Morgan fingerprint density at radius 1 is 1.05 bits per heavy atom. The molecule has 22 heavy (non-hydrogen) atoms. The van der Waals surface area contributed by atoms with Gasteiger partial charge in [0.25, 0.3) is 5.91 Å². The molecule has 0 unspecified atom stereocenters. The first-order valence-electron chi connectivity index (χ1n) is 6.86. The molecular weight excluding hydrogens is 291 g/mol. The molecule has 1 N–H and O–H groups in total. The van der Waals surface area contributed by atoms with Crippen molar-refractivity contribution in [3.05, 3.63) is 65.2 Å². The maximum Gasteiger partial charge on any atom is 0.417 e. The summed E-state index contributed by atoms with van der Waals surface area (Å²) in [5.74, 6) is -0.506. The lowest BCUT2D eigenvalue weighted by Crippen LogP contribution is -2.18. The average molecular weight is 307 g/mol. The lowest BCUT2D eigenvalue weighted by Gasteiger charge is -2.13. The third-order valence-corrected chi connectivity index (χ3v) is 3.29. The second-order valence-electron chi connectivity index (χ2n) is 5.28. The Morgan fingerprint density at radius 2 is 1.73 bits per heavy atom. The van der Waals surface area contributed by atoms with E-state index in [0.717, 1.165) is 11.6 Å². The van der Waals surface area contributed by atoms with Crippen molar-refractivity contribution in [3.8, 4) is 0 Å². The molecule has 0 aromatic heterocycles. The first-order chi connectivity index (χ1) is 10.3. The molecule has 0 aliphatic carbocycles. The third-order valence-electron chi connectivity index (χ3n) is 3.29. The Bertz CT molecular complexity index is 678. The summed E-state index contributed by atoms with van der Waals surface area (Å²) >= 11 is 0. The van der Waals surface area contributed by atoms with Gasteiger partial charge < -0.3 is 5.32 Å². The largest absolute Gasteiger partial charge is 0.417 e. The molecule has 0 bridgehead atoms. The summed E-state index contributed by atoms with van der Waals surface area (Å²) in [6.07, 6.45) is -4.56. The molecule has 0 fully saturated rings. The van der Waals surface area contributed by atoms with Gasteiger partial charge in [-0.2, -0.15) is 13.2 Å². The van der Waals surface area contributed by atoms with Gasteiger partial charge in [-0.15, -0.1) is 0 Å². The monoisotopic (exact) mass is 307 g/mol. The SMILES string of the molecule is CC(C)c1cccc(NC(=O)c2ccccc2C(F)(F)F)c1. The van der Waals surface area contributed by atoms with Crippen molar-refractivity contribution >= 4 is 11.6 Å². The number of anilines is 1. The Morgan fingerprint density at radius 3 is 2.36 bits per heavy atom. The van der Waals surface area contributed by atoms with Crippen molar-refractivity contribution in [2.45, 2.75) is 25.9 Å². The minimum absolute atomic E-state index is 0.263. The Kier molecular flexibility index (Phi) is 4.54. The highest BCUT2D eigenvalue weighted by Crippen LogP contribution is 2.32. The molecule has 2 aromatic carbocycles. The van der Waals surface area contributed by atoms with E-state index in [0.29, 0.717) is 5.69 Å². The summed E-state index contributed by atoms with van der Waals surface area (Å²) < 4.78 is 38.8. The maximum absolute atomic E-state index is 12.9. The van der Waals surface area contributed by atoms with Gasteiger partial charge in [0.05, 0.1) is 11.1 Å². The van der Waals surface area contributed by atoms with Gasteiger partial charge in [0.15, 0.2) is 0 Å². The van der Waals surface area contributed by atoms with E-state index in [-0.39, 0.29) is 11.5 Å². The van der Waals surface area contributed by atoms with Gasteiger partial charge in [-0.3, -0.25) is 4.79 Å². The van der Waals surface area contributed by atoms with Crippen LogP contribution in [0.15, 0.2) is 48.5 Å². The molecule has 2 aromatic rings. The van der Waals surface area contributed by atoms with E-state index >= 15 is 0 Å². The highest BCUT2D eigenvalue weighted by atomic mass is 19.4. The molecule has 2 nitrogen and oxygen atoms in total. The van der Waals surface area contributed by atoms with E-state index in [1.165, 1.54) is 18.2 Å². The molecule has 0 aliphatic rings. The molecule has 0 aliphatic heterocycles. The molecule has 116 valence electrons. The van der Waals surface area contributed by atoms with Gasteiger partial charge in [0.1, 0.15) is 0 Å². The van der Waals surface area contributed by atoms with Gasteiger partial charge in [-0.1, -0.05) is 38.1 Å². The smallest absolute Gasteiger partial charge is 0.322 e. The van der Waals surface area contributed by atoms with Crippen LogP contribution in [-0.2, 0) is 6.18 Å². The average Bonchev–Trinajstić information content (AvgIpc) is 2.46. The van der Waals surface area contributed by atoms with Crippen molar-refractivity contribution in [2.24, 2.45) is 0 Å². The Balaban J connectivity index is 2.29. The highest BCUT2D eigenvalue weighted by molar-refractivity contribution is 6.05. The predicted octanol–water partition coefficient (Wildman–Crippen LogP) is 5.08. The minimum atomic E-state index is -4.56. The third kappa shape index (κ3) is 3.67. The van der Waals surface area contributed by atoms with Crippen LogP contribution < -0.4 is 5.32 Å². The quantitative estimate of drug-likeness (QED) is 0.841. The topological polar surface area (TPSA) is 29.1 Å². The fourth-order valence-corrected chi connectivity index (χ4v) is 2.10. The fourth-order valence-electron chi connectivity index (χ4n) is 2.10. The van der Waals surface area contributed by atoms with Crippen molar-refractivity contribution in [1.29, 1.82) is 0 Å². The number of nitrogens with one attached hydrogen (secondary N) is 1. The molecule has 1 amide bonds. The summed E-state index contributed by atoms with van der Waals surface area (Å²) in [6, 6.07) is 11.8. The first-order valence-corrected chi connectivity index (χ1v) is 6.86. The van der Waals surface area contributed by atoms with Crippen molar-refractivity contribution in [2.75, 3.05) is 5.32 Å². The van der Waals surface area contributed by atoms with Crippen LogP contribution in [0.3, 0.4) is 0 Å². The molecule has 5 heteroatoms. The van der Waals surface area contributed by atoms with E-state index in [4.69, 9.17) is 0 Å². The molecular formula is C17H16F3NO. The number of benzene rings is 2. The molecule has 0 saturated carbocycles. The predicted molar refractivity (Wildman–Crippen MR) is 79.9 cm³/mol. The van der Waals surface area contributed by atoms with Crippen LogP contribution in [0.1, 0.15) is 41.3 Å². The van der Waals surface area contributed by atoms with Crippen LogP contribution in [0.2, 0.25) is 0 Å². The fraction of sp³-hybridized carbons (Fsp3) is 0.235. The zero-order valence-electron chi connectivity index (χ0n) is 12.2. The highest BCUT2D eigenvalue weighted by Gasteiger charge is 2.34. The number of carbonyl (C=O) groups is 1. The Hall–Kier alpha value is -2.30. The van der Waals surface area contributed by atoms with Crippen molar-refractivity contribution < 1.29 is 18.0 Å². The minimum Gasteiger partial charge on any atom is -0.322 e. The van der Waals surface area contributed by atoms with Gasteiger partial charge >= 0.3 is 6.18 Å². The summed E-state index contributed by atoms with van der Waals surface area (Å²) in [6.45, 7) is 4.00. The first kappa shape index (κ1) is 16.1. The van der Waals surface area contributed by atoms with Crippen LogP contribution in [0.4, 0.5) is 18.9 Å². The van der Waals surface area contributed by atoms with E-state index in [2.05, 4.69) is 5.32 Å². The van der Waals surface area contributed by atoms with Crippen LogP contribution in [-0.4, -0.2) is 5.91 Å². The number of carbonyl (C=O) groups excluding carboxylic acids is 1. The van der Waals surface area contributed by atoms with Crippen LogP contribution in [0.5, 0.6) is 0 Å². The van der Waals surface area contributed by atoms with E-state index < -0.39 is 17.6 Å². The number of alkyl halides is 3. The molecule has 0 spiro atoms. The zero-order valence-corrected chi connectivity index (χ0v) is 12.2. The second-order valence-corrected chi connectivity index (χ2v) is 5.28. The number of hydrogen-bond donors (Lipinski definition) is 1. The number of halogens is 3. The molecule has 0 heterocycles. The zero-order chi connectivity index (χ0) is 16.3. The number of amides is 1. The van der Waals surface area contributed by atoms with Gasteiger partial charge in [-0.25, -0.2) is 0 Å². The lowest BCUT2D eigenvalue weighted by molar-refractivity contribution is -0.137. The molecule has 0 radical (unpaired) electrons. The van der Waals surface area contributed by atoms with Crippen molar-refractivity contribution in [3.63, 3.8) is 0 Å². The molecule has 2 rings (SSSR count). The van der Waals surface area contributed by atoms with Gasteiger partial charge in [0, 0.05) is 5.69 Å². The summed E-state index contributed by atoms with van der Waals surface area (Å²) in [5, 5.41) is 2.53. The Labute approximate surface area is 127 Å². The van der Waals surface area contributed by atoms with E-state index in [9.17, 15) is 18.0 Å².